The first-order valence-corrected chi connectivity index (χ1v) is 12.3. The Hall–Kier alpha value is -1.98. The average molecular weight is 461 g/mol. The van der Waals surface area contributed by atoms with Gasteiger partial charge in [0.1, 0.15) is 6.04 Å². The van der Waals surface area contributed by atoms with Gasteiger partial charge in [-0.3, -0.25) is 9.59 Å². The van der Waals surface area contributed by atoms with Crippen molar-refractivity contribution >= 4 is 35.2 Å². The van der Waals surface area contributed by atoms with Crippen molar-refractivity contribution in [3.63, 3.8) is 0 Å². The molecule has 0 saturated heterocycles. The molecule has 0 aliphatic heterocycles. The number of thioether (sulfide) groups is 1. The second-order valence-corrected chi connectivity index (χ2v) is 9.17. The first-order chi connectivity index (χ1) is 15.0. The van der Waals surface area contributed by atoms with Gasteiger partial charge < -0.3 is 10.2 Å². The number of hydrogen-bond donors (Lipinski definition) is 1. The van der Waals surface area contributed by atoms with Crippen LogP contribution in [0.15, 0.2) is 53.4 Å². The van der Waals surface area contributed by atoms with Crippen LogP contribution in [0, 0.1) is 6.92 Å². The third kappa shape index (κ3) is 8.23. The molecule has 0 saturated carbocycles. The minimum absolute atomic E-state index is 0.0305. The average Bonchev–Trinajstić information content (AvgIpc) is 2.76. The lowest BCUT2D eigenvalue weighted by Gasteiger charge is -2.31. The lowest BCUT2D eigenvalue weighted by molar-refractivity contribution is -0.141. The Morgan fingerprint density at radius 3 is 2.45 bits per heavy atom. The van der Waals surface area contributed by atoms with Crippen LogP contribution in [0.5, 0.6) is 0 Å². The Labute approximate surface area is 195 Å². The van der Waals surface area contributed by atoms with Gasteiger partial charge in [-0.25, -0.2) is 0 Å². The molecule has 0 fully saturated rings. The van der Waals surface area contributed by atoms with Crippen molar-refractivity contribution in [2.45, 2.75) is 63.9 Å². The monoisotopic (exact) mass is 460 g/mol. The zero-order valence-corrected chi connectivity index (χ0v) is 20.3. The van der Waals surface area contributed by atoms with Gasteiger partial charge in [0.25, 0.3) is 0 Å². The number of nitrogens with one attached hydrogen (secondary N) is 1. The van der Waals surface area contributed by atoms with Crippen LogP contribution in [0.4, 0.5) is 0 Å². The van der Waals surface area contributed by atoms with Crippen molar-refractivity contribution in [1.29, 1.82) is 0 Å². The van der Waals surface area contributed by atoms with Crippen LogP contribution >= 0.6 is 23.4 Å². The summed E-state index contributed by atoms with van der Waals surface area (Å²) < 4.78 is 0. The van der Waals surface area contributed by atoms with E-state index in [4.69, 9.17) is 11.6 Å². The molecule has 2 aromatic carbocycles. The zero-order chi connectivity index (χ0) is 22.6. The third-order valence-corrected chi connectivity index (χ3v) is 6.50. The summed E-state index contributed by atoms with van der Waals surface area (Å²) in [6, 6.07) is 15.3. The lowest BCUT2D eigenvalue weighted by Crippen LogP contribution is -2.49. The van der Waals surface area contributed by atoms with Gasteiger partial charge in [0.05, 0.1) is 0 Å². The molecule has 31 heavy (non-hydrogen) atoms. The topological polar surface area (TPSA) is 49.4 Å². The number of nitrogens with zero attached hydrogens (tertiary/aromatic N) is 1. The maximum absolute atomic E-state index is 13.2. The molecule has 1 N–H and O–H groups in total. The quantitative estimate of drug-likeness (QED) is 0.319. The van der Waals surface area contributed by atoms with Gasteiger partial charge in [0, 0.05) is 35.2 Å². The summed E-state index contributed by atoms with van der Waals surface area (Å²) in [6.07, 6.45) is 2.85. The predicted molar refractivity (Wildman–Crippen MR) is 131 cm³/mol. The largest absolute Gasteiger partial charge is 0.354 e. The molecule has 0 aliphatic carbocycles. The van der Waals surface area contributed by atoms with Gasteiger partial charge in [-0.05, 0) is 43.5 Å². The van der Waals surface area contributed by atoms with Crippen LogP contribution in [0.1, 0.15) is 50.7 Å². The van der Waals surface area contributed by atoms with Crippen LogP contribution in [0.3, 0.4) is 0 Å². The van der Waals surface area contributed by atoms with Crippen molar-refractivity contribution in [3.8, 4) is 0 Å². The van der Waals surface area contributed by atoms with Crippen LogP contribution in [0.2, 0.25) is 5.02 Å². The molecular weight excluding hydrogens is 428 g/mol. The molecule has 2 aromatic rings. The summed E-state index contributed by atoms with van der Waals surface area (Å²) in [5, 5.41) is 3.59. The number of unbranched alkanes of at least 4 members (excludes halogenated alkanes) is 1. The summed E-state index contributed by atoms with van der Waals surface area (Å²) in [7, 11) is 0. The smallest absolute Gasteiger partial charge is 0.242 e. The first kappa shape index (κ1) is 25.3. The zero-order valence-electron chi connectivity index (χ0n) is 18.7. The second kappa shape index (κ2) is 13.4. The van der Waals surface area contributed by atoms with E-state index in [2.05, 4.69) is 43.4 Å². The van der Waals surface area contributed by atoms with E-state index in [0.29, 0.717) is 36.7 Å². The fourth-order valence-electron chi connectivity index (χ4n) is 3.27. The van der Waals surface area contributed by atoms with Crippen molar-refractivity contribution < 1.29 is 9.59 Å². The van der Waals surface area contributed by atoms with Crippen LogP contribution in [0.25, 0.3) is 0 Å². The molecule has 0 radical (unpaired) electrons. The van der Waals surface area contributed by atoms with E-state index in [9.17, 15) is 9.59 Å². The maximum Gasteiger partial charge on any atom is 0.242 e. The molecule has 1 unspecified atom stereocenters. The van der Waals surface area contributed by atoms with Crippen LogP contribution < -0.4 is 5.32 Å². The van der Waals surface area contributed by atoms with Gasteiger partial charge in [0.2, 0.25) is 11.8 Å². The fraction of sp³-hybridized carbons (Fsp3) is 0.440. The molecule has 0 heterocycles. The van der Waals surface area contributed by atoms with E-state index in [1.54, 1.807) is 16.7 Å². The summed E-state index contributed by atoms with van der Waals surface area (Å²) in [5.41, 5.74) is 2.06. The Morgan fingerprint density at radius 2 is 1.81 bits per heavy atom. The van der Waals surface area contributed by atoms with Crippen LogP contribution in [-0.4, -0.2) is 35.1 Å². The molecule has 6 heteroatoms. The number of carbonyl (C=O) groups excluding carboxylic acids is 2. The number of halogens is 1. The highest BCUT2D eigenvalue weighted by Crippen LogP contribution is 2.23. The number of amides is 2. The summed E-state index contributed by atoms with van der Waals surface area (Å²) in [5.74, 6) is 0.536. The molecule has 168 valence electrons. The van der Waals surface area contributed by atoms with E-state index in [-0.39, 0.29) is 11.8 Å². The summed E-state index contributed by atoms with van der Waals surface area (Å²) in [4.78, 5) is 28.9. The highest BCUT2D eigenvalue weighted by atomic mass is 35.5. The number of aryl methyl sites for hydroxylation is 1. The highest BCUT2D eigenvalue weighted by molar-refractivity contribution is 7.99. The highest BCUT2D eigenvalue weighted by Gasteiger charge is 2.28. The van der Waals surface area contributed by atoms with E-state index in [0.717, 1.165) is 23.3 Å². The first-order valence-electron chi connectivity index (χ1n) is 11.0. The lowest BCUT2D eigenvalue weighted by atomic mass is 10.1. The minimum Gasteiger partial charge on any atom is -0.354 e. The molecule has 0 aromatic heterocycles. The molecule has 2 rings (SSSR count). The molecule has 0 aliphatic rings. The predicted octanol–water partition coefficient (Wildman–Crippen LogP) is 5.85. The van der Waals surface area contributed by atoms with Crippen molar-refractivity contribution in [3.05, 3.63) is 64.7 Å². The molecule has 1 atom stereocenters. The Kier molecular flexibility index (Phi) is 11.0. The Bertz CT molecular complexity index is 842. The third-order valence-electron chi connectivity index (χ3n) is 5.12. The minimum atomic E-state index is -0.509. The number of rotatable bonds is 12. The fourth-order valence-corrected chi connectivity index (χ4v) is 4.31. The van der Waals surface area contributed by atoms with Gasteiger partial charge in [-0.1, -0.05) is 67.8 Å². The van der Waals surface area contributed by atoms with E-state index in [1.165, 1.54) is 5.56 Å². The SMILES string of the molecule is CCCCNC(=O)C(CC)N(Cc1ccccc1Cl)C(=O)CCSc1ccc(C)cc1. The van der Waals surface area contributed by atoms with Crippen LogP contribution in [-0.2, 0) is 16.1 Å². The standard InChI is InChI=1S/C25H33ClN2O2S/c1-4-6-16-27-25(30)23(5-2)28(18-20-9-7-8-10-22(20)26)24(29)15-17-31-21-13-11-19(3)12-14-21/h7-14,23H,4-6,15-18H2,1-3H3,(H,27,30). The summed E-state index contributed by atoms with van der Waals surface area (Å²) >= 11 is 8.01. The van der Waals surface area contributed by atoms with E-state index < -0.39 is 6.04 Å². The van der Waals surface area contributed by atoms with Crippen molar-refractivity contribution in [1.82, 2.24) is 10.2 Å². The molecule has 0 bridgehead atoms. The normalized spacial score (nSPS) is 11.7. The number of hydrogen-bond acceptors (Lipinski definition) is 3. The van der Waals surface area contributed by atoms with Gasteiger partial charge in [-0.15, -0.1) is 11.8 Å². The molecule has 2 amide bonds. The van der Waals surface area contributed by atoms with Crippen molar-refractivity contribution in [2.75, 3.05) is 12.3 Å². The molecule has 4 nitrogen and oxygen atoms in total. The van der Waals surface area contributed by atoms with Gasteiger partial charge in [-0.2, -0.15) is 0 Å². The van der Waals surface area contributed by atoms with E-state index in [1.807, 2.05) is 31.2 Å². The number of benzene rings is 2. The van der Waals surface area contributed by atoms with E-state index >= 15 is 0 Å². The van der Waals surface area contributed by atoms with Gasteiger partial charge in [0.15, 0.2) is 0 Å². The number of carbonyl (C=O) groups is 2. The Balaban J connectivity index is 2.10. The van der Waals surface area contributed by atoms with Crippen molar-refractivity contribution in [2.24, 2.45) is 0 Å². The molecule has 0 spiro atoms. The Morgan fingerprint density at radius 1 is 1.10 bits per heavy atom. The molecular formula is C25H33ClN2O2S. The summed E-state index contributed by atoms with van der Waals surface area (Å²) in [6.45, 7) is 7.04. The van der Waals surface area contributed by atoms with Gasteiger partial charge >= 0.3 is 0 Å². The second-order valence-electron chi connectivity index (χ2n) is 7.59. The maximum atomic E-state index is 13.2.